The van der Waals surface area contributed by atoms with Gasteiger partial charge in [-0.3, -0.25) is 11.3 Å². The lowest BCUT2D eigenvalue weighted by Gasteiger charge is -2.18. The predicted molar refractivity (Wildman–Crippen MR) is 82.9 cm³/mol. The molecule has 5 heteroatoms. The van der Waals surface area contributed by atoms with E-state index in [4.69, 9.17) is 22.2 Å². The fourth-order valence-electron chi connectivity index (χ4n) is 2.07. The highest BCUT2D eigenvalue weighted by atomic mass is 35.5. The molecule has 0 saturated heterocycles. The van der Waals surface area contributed by atoms with Crippen molar-refractivity contribution >= 4 is 11.6 Å². The molecule has 0 saturated carbocycles. The molecule has 0 aliphatic heterocycles. The van der Waals surface area contributed by atoms with Gasteiger partial charge in [0.2, 0.25) is 0 Å². The van der Waals surface area contributed by atoms with E-state index in [-0.39, 0.29) is 11.9 Å². The zero-order chi connectivity index (χ0) is 15.2. The molecule has 2 aromatic carbocycles. The van der Waals surface area contributed by atoms with E-state index < -0.39 is 0 Å². The first-order valence-corrected chi connectivity index (χ1v) is 7.06. The number of benzene rings is 2. The van der Waals surface area contributed by atoms with Crippen LogP contribution in [0.4, 0.5) is 4.39 Å². The van der Waals surface area contributed by atoms with Gasteiger partial charge in [-0.05, 0) is 54.8 Å². The molecule has 21 heavy (non-hydrogen) atoms. The Kier molecular flexibility index (Phi) is 5.56. The van der Waals surface area contributed by atoms with E-state index in [1.807, 2.05) is 19.1 Å². The van der Waals surface area contributed by atoms with Gasteiger partial charge in [-0.2, -0.15) is 0 Å². The van der Waals surface area contributed by atoms with Crippen LogP contribution in [0.5, 0.6) is 5.75 Å². The summed E-state index contributed by atoms with van der Waals surface area (Å²) in [5.41, 5.74) is 4.66. The predicted octanol–water partition coefficient (Wildman–Crippen LogP) is 3.24. The highest BCUT2D eigenvalue weighted by molar-refractivity contribution is 6.30. The van der Waals surface area contributed by atoms with Crippen LogP contribution in [0.25, 0.3) is 0 Å². The van der Waals surface area contributed by atoms with Gasteiger partial charge in [0, 0.05) is 5.02 Å². The molecular formula is C16H18ClFN2O. The summed E-state index contributed by atoms with van der Waals surface area (Å²) in [4.78, 5) is 0. The standard InChI is InChI=1S/C16H18ClFN2O/c1-11-7-14(18)6-5-12(11)8-15(20-19)10-21-16-4-2-3-13(17)9-16/h2-7,9,15,20H,8,10,19H2,1H3. The Morgan fingerprint density at radius 2 is 2.10 bits per heavy atom. The minimum absolute atomic E-state index is 0.0758. The molecular weight excluding hydrogens is 291 g/mol. The molecule has 112 valence electrons. The topological polar surface area (TPSA) is 47.3 Å². The second-order valence-corrected chi connectivity index (χ2v) is 5.34. The van der Waals surface area contributed by atoms with Crippen molar-refractivity contribution in [2.75, 3.05) is 6.61 Å². The Hall–Kier alpha value is -1.62. The molecule has 0 bridgehead atoms. The minimum atomic E-state index is -0.233. The Labute approximate surface area is 128 Å². The molecule has 0 aliphatic carbocycles. The maximum atomic E-state index is 13.1. The lowest BCUT2D eigenvalue weighted by atomic mass is 10.0. The van der Waals surface area contributed by atoms with E-state index in [0.717, 1.165) is 11.1 Å². The van der Waals surface area contributed by atoms with Gasteiger partial charge in [-0.25, -0.2) is 4.39 Å². The van der Waals surface area contributed by atoms with E-state index in [2.05, 4.69) is 5.43 Å². The number of rotatable bonds is 6. The third-order valence-electron chi connectivity index (χ3n) is 3.25. The number of halogens is 2. The second-order valence-electron chi connectivity index (χ2n) is 4.91. The lowest BCUT2D eigenvalue weighted by Crippen LogP contribution is -2.41. The minimum Gasteiger partial charge on any atom is -0.492 e. The van der Waals surface area contributed by atoms with Crippen LogP contribution in [0.2, 0.25) is 5.02 Å². The second kappa shape index (κ2) is 7.41. The maximum Gasteiger partial charge on any atom is 0.123 e. The lowest BCUT2D eigenvalue weighted by molar-refractivity contribution is 0.264. The summed E-state index contributed by atoms with van der Waals surface area (Å²) in [5, 5.41) is 0.624. The summed E-state index contributed by atoms with van der Waals surface area (Å²) >= 11 is 5.90. The van der Waals surface area contributed by atoms with E-state index in [9.17, 15) is 4.39 Å². The van der Waals surface area contributed by atoms with Crippen molar-refractivity contribution in [2.45, 2.75) is 19.4 Å². The summed E-state index contributed by atoms with van der Waals surface area (Å²) < 4.78 is 18.8. The van der Waals surface area contributed by atoms with Gasteiger partial charge in [-0.15, -0.1) is 0 Å². The number of ether oxygens (including phenoxy) is 1. The number of nitrogens with one attached hydrogen (secondary N) is 1. The first kappa shape index (κ1) is 15.8. The van der Waals surface area contributed by atoms with Crippen LogP contribution < -0.4 is 16.0 Å². The Bertz CT molecular complexity index is 607. The smallest absolute Gasteiger partial charge is 0.123 e. The molecule has 2 aromatic rings. The molecule has 1 atom stereocenters. The van der Waals surface area contributed by atoms with Crippen molar-refractivity contribution in [1.82, 2.24) is 5.43 Å². The Morgan fingerprint density at radius 1 is 1.29 bits per heavy atom. The number of hydrogen-bond acceptors (Lipinski definition) is 3. The van der Waals surface area contributed by atoms with Crippen molar-refractivity contribution < 1.29 is 9.13 Å². The molecule has 0 spiro atoms. The Balaban J connectivity index is 1.97. The fraction of sp³-hybridized carbons (Fsp3) is 0.250. The average molecular weight is 309 g/mol. The molecule has 0 amide bonds. The van der Waals surface area contributed by atoms with E-state index in [1.165, 1.54) is 12.1 Å². The van der Waals surface area contributed by atoms with Crippen LogP contribution in [0.15, 0.2) is 42.5 Å². The SMILES string of the molecule is Cc1cc(F)ccc1CC(COc1cccc(Cl)c1)NN. The van der Waals surface area contributed by atoms with Crippen LogP contribution >= 0.6 is 11.6 Å². The monoisotopic (exact) mass is 308 g/mol. The van der Waals surface area contributed by atoms with Crippen molar-refractivity contribution in [3.05, 3.63) is 64.4 Å². The Morgan fingerprint density at radius 3 is 2.76 bits per heavy atom. The quantitative estimate of drug-likeness (QED) is 0.636. The first-order valence-electron chi connectivity index (χ1n) is 6.68. The van der Waals surface area contributed by atoms with E-state index in [1.54, 1.807) is 18.2 Å². The molecule has 3 nitrogen and oxygen atoms in total. The molecule has 3 N–H and O–H groups in total. The van der Waals surface area contributed by atoms with Gasteiger partial charge >= 0.3 is 0 Å². The average Bonchev–Trinajstić information content (AvgIpc) is 2.45. The van der Waals surface area contributed by atoms with Gasteiger partial charge in [0.05, 0.1) is 6.04 Å². The van der Waals surface area contributed by atoms with Crippen molar-refractivity contribution in [1.29, 1.82) is 0 Å². The summed E-state index contributed by atoms with van der Waals surface area (Å²) in [5.74, 6) is 6.02. The number of hydrogen-bond donors (Lipinski definition) is 2. The molecule has 0 aromatic heterocycles. The molecule has 0 heterocycles. The third kappa shape index (κ3) is 4.70. The highest BCUT2D eigenvalue weighted by Gasteiger charge is 2.11. The summed E-state index contributed by atoms with van der Waals surface area (Å²) in [7, 11) is 0. The molecule has 0 aliphatic rings. The van der Waals surface area contributed by atoms with Crippen LogP contribution in [0, 0.1) is 12.7 Å². The van der Waals surface area contributed by atoms with Gasteiger partial charge in [0.15, 0.2) is 0 Å². The molecule has 2 rings (SSSR count). The zero-order valence-corrected chi connectivity index (χ0v) is 12.5. The largest absolute Gasteiger partial charge is 0.492 e. The molecule has 1 unspecified atom stereocenters. The van der Waals surface area contributed by atoms with Crippen LogP contribution in [-0.4, -0.2) is 12.6 Å². The van der Waals surface area contributed by atoms with Crippen molar-refractivity contribution in [3.8, 4) is 5.75 Å². The zero-order valence-electron chi connectivity index (χ0n) is 11.8. The van der Waals surface area contributed by atoms with Crippen LogP contribution in [0.3, 0.4) is 0 Å². The van der Waals surface area contributed by atoms with Crippen molar-refractivity contribution in [3.63, 3.8) is 0 Å². The van der Waals surface area contributed by atoms with Gasteiger partial charge in [-0.1, -0.05) is 23.7 Å². The fourth-order valence-corrected chi connectivity index (χ4v) is 2.25. The maximum absolute atomic E-state index is 13.1. The number of nitrogens with two attached hydrogens (primary N) is 1. The van der Waals surface area contributed by atoms with Gasteiger partial charge in [0.25, 0.3) is 0 Å². The van der Waals surface area contributed by atoms with Crippen LogP contribution in [0.1, 0.15) is 11.1 Å². The van der Waals surface area contributed by atoms with E-state index in [0.29, 0.717) is 23.8 Å². The number of hydrazine groups is 1. The summed E-state index contributed by atoms with van der Waals surface area (Å²) in [6.07, 6.45) is 0.656. The van der Waals surface area contributed by atoms with E-state index >= 15 is 0 Å². The summed E-state index contributed by atoms with van der Waals surface area (Å²) in [6.45, 7) is 2.28. The summed E-state index contributed by atoms with van der Waals surface area (Å²) in [6, 6.07) is 11.9. The first-order chi connectivity index (χ1) is 10.1. The van der Waals surface area contributed by atoms with Crippen molar-refractivity contribution in [2.24, 2.45) is 5.84 Å². The third-order valence-corrected chi connectivity index (χ3v) is 3.49. The van der Waals surface area contributed by atoms with Gasteiger partial charge < -0.3 is 4.74 Å². The van der Waals surface area contributed by atoms with Gasteiger partial charge in [0.1, 0.15) is 18.2 Å². The normalized spacial score (nSPS) is 12.2. The number of aryl methyl sites for hydroxylation is 1. The van der Waals surface area contributed by atoms with Crippen LogP contribution in [-0.2, 0) is 6.42 Å². The molecule has 0 radical (unpaired) electrons. The highest BCUT2D eigenvalue weighted by Crippen LogP contribution is 2.18. The molecule has 0 fully saturated rings.